The number of benzene rings is 1. The molecule has 0 radical (unpaired) electrons. The quantitative estimate of drug-likeness (QED) is 0.472. The molecule has 2 heterocycles. The molecular formula is C20H19N3O4. The fourth-order valence-corrected chi connectivity index (χ4v) is 3.07. The van der Waals surface area contributed by atoms with Crippen molar-refractivity contribution in [2.24, 2.45) is 0 Å². The van der Waals surface area contributed by atoms with Crippen LogP contribution < -0.4 is 0 Å². The Hall–Kier alpha value is -3.22. The van der Waals surface area contributed by atoms with Crippen LogP contribution in [0.3, 0.4) is 0 Å². The van der Waals surface area contributed by atoms with Gasteiger partial charge in [-0.15, -0.1) is 0 Å². The van der Waals surface area contributed by atoms with E-state index in [2.05, 4.69) is 10.3 Å². The van der Waals surface area contributed by atoms with E-state index < -0.39 is 5.97 Å². The molecular weight excluding hydrogens is 346 g/mol. The summed E-state index contributed by atoms with van der Waals surface area (Å²) in [5.74, 6) is -0.292. The van der Waals surface area contributed by atoms with E-state index in [1.54, 1.807) is 29.9 Å². The van der Waals surface area contributed by atoms with Gasteiger partial charge >= 0.3 is 5.97 Å². The monoisotopic (exact) mass is 365 g/mol. The first-order valence-corrected chi connectivity index (χ1v) is 8.95. The summed E-state index contributed by atoms with van der Waals surface area (Å²) >= 11 is 0. The second kappa shape index (κ2) is 7.19. The largest absolute Gasteiger partial charge is 0.461 e. The Bertz CT molecular complexity index is 971. The molecule has 1 aliphatic carbocycles. The third-order valence-electron chi connectivity index (χ3n) is 4.52. The van der Waals surface area contributed by atoms with Gasteiger partial charge in [0.15, 0.2) is 11.5 Å². The van der Waals surface area contributed by atoms with E-state index >= 15 is 0 Å². The molecule has 0 bridgehead atoms. The fraction of sp³-hybridized carbons (Fsp3) is 0.300. The molecule has 0 unspecified atom stereocenters. The third kappa shape index (κ3) is 3.40. The van der Waals surface area contributed by atoms with Crippen molar-refractivity contribution in [3.05, 3.63) is 70.9 Å². The Kier molecular flexibility index (Phi) is 4.58. The first-order chi connectivity index (χ1) is 13.2. The van der Waals surface area contributed by atoms with Gasteiger partial charge in [-0.2, -0.15) is 5.10 Å². The van der Waals surface area contributed by atoms with Crippen molar-refractivity contribution in [1.29, 1.82) is 0 Å². The van der Waals surface area contributed by atoms with Crippen LogP contribution in [-0.2, 0) is 11.3 Å². The summed E-state index contributed by atoms with van der Waals surface area (Å²) in [6, 6.07) is 9.13. The van der Waals surface area contributed by atoms with E-state index in [0.29, 0.717) is 17.9 Å². The molecule has 1 saturated carbocycles. The molecule has 3 aromatic rings. The molecule has 0 N–H and O–H groups in total. The summed E-state index contributed by atoms with van der Waals surface area (Å²) in [5.41, 5.74) is 1.49. The Morgan fingerprint density at radius 1 is 1.26 bits per heavy atom. The lowest BCUT2D eigenvalue weighted by Crippen LogP contribution is -2.15. The molecule has 1 aliphatic rings. The first-order valence-electron chi connectivity index (χ1n) is 8.95. The molecule has 7 heteroatoms. The zero-order chi connectivity index (χ0) is 18.8. The number of esters is 1. The van der Waals surface area contributed by atoms with E-state index in [9.17, 15) is 9.59 Å². The molecule has 2 aromatic heterocycles. The smallest absolute Gasteiger partial charge is 0.361 e. The zero-order valence-electron chi connectivity index (χ0n) is 14.9. The highest BCUT2D eigenvalue weighted by molar-refractivity contribution is 6.15. The molecule has 27 heavy (non-hydrogen) atoms. The maximum absolute atomic E-state index is 13.4. The Morgan fingerprint density at radius 3 is 2.78 bits per heavy atom. The van der Waals surface area contributed by atoms with E-state index in [-0.39, 0.29) is 29.6 Å². The standard InChI is InChI=1S/C20H19N3O4/c1-2-26-20(25)17-16(19(27-22-17)13-8-9-13)18(24)15-7-4-3-6-14(15)12-23-11-5-10-21-23/h3-7,10-11,13H,2,8-9,12H2,1H3. The van der Waals surface area contributed by atoms with Crippen LogP contribution in [0.15, 0.2) is 47.2 Å². The number of hydrogen-bond donors (Lipinski definition) is 0. The van der Waals surface area contributed by atoms with Crippen LogP contribution in [0, 0.1) is 0 Å². The van der Waals surface area contributed by atoms with Crippen molar-refractivity contribution in [1.82, 2.24) is 14.9 Å². The van der Waals surface area contributed by atoms with E-state index in [1.807, 2.05) is 24.4 Å². The highest BCUT2D eigenvalue weighted by Crippen LogP contribution is 2.43. The van der Waals surface area contributed by atoms with Crippen molar-refractivity contribution in [3.8, 4) is 0 Å². The summed E-state index contributed by atoms with van der Waals surface area (Å²) in [6.07, 6.45) is 5.37. The number of carbonyl (C=O) groups excluding carboxylic acids is 2. The maximum atomic E-state index is 13.4. The molecule has 0 amide bonds. The van der Waals surface area contributed by atoms with Gasteiger partial charge in [0, 0.05) is 23.9 Å². The molecule has 7 nitrogen and oxygen atoms in total. The third-order valence-corrected chi connectivity index (χ3v) is 4.52. The number of rotatable bonds is 7. The molecule has 0 saturated heterocycles. The predicted octanol–water partition coefficient (Wildman–Crippen LogP) is 3.20. The topological polar surface area (TPSA) is 87.2 Å². The van der Waals surface area contributed by atoms with E-state index in [4.69, 9.17) is 9.26 Å². The van der Waals surface area contributed by atoms with Crippen LogP contribution in [0.1, 0.15) is 63.4 Å². The molecule has 0 spiro atoms. The average molecular weight is 365 g/mol. The van der Waals surface area contributed by atoms with Crippen molar-refractivity contribution >= 4 is 11.8 Å². The van der Waals surface area contributed by atoms with E-state index in [1.165, 1.54) is 0 Å². The maximum Gasteiger partial charge on any atom is 0.361 e. The SMILES string of the molecule is CCOC(=O)c1noc(C2CC2)c1C(=O)c1ccccc1Cn1cccn1. The lowest BCUT2D eigenvalue weighted by Gasteiger charge is -2.09. The normalized spacial score (nSPS) is 13.5. The number of hydrogen-bond acceptors (Lipinski definition) is 6. The van der Waals surface area contributed by atoms with Gasteiger partial charge in [-0.3, -0.25) is 9.48 Å². The number of ketones is 1. The summed E-state index contributed by atoms with van der Waals surface area (Å²) in [7, 11) is 0. The van der Waals surface area contributed by atoms with Gasteiger partial charge in [0.1, 0.15) is 5.56 Å². The number of ether oxygens (including phenoxy) is 1. The first kappa shape index (κ1) is 17.2. The molecule has 138 valence electrons. The van der Waals surface area contributed by atoms with Gasteiger partial charge in [0.2, 0.25) is 5.69 Å². The Balaban J connectivity index is 1.75. The van der Waals surface area contributed by atoms with Gasteiger partial charge in [-0.1, -0.05) is 29.4 Å². The molecule has 4 rings (SSSR count). The minimum absolute atomic E-state index is 0.0438. The van der Waals surface area contributed by atoms with Crippen molar-refractivity contribution < 1.29 is 18.8 Å². The van der Waals surface area contributed by atoms with Crippen LogP contribution in [0.2, 0.25) is 0 Å². The summed E-state index contributed by atoms with van der Waals surface area (Å²) in [4.78, 5) is 25.7. The highest BCUT2D eigenvalue weighted by Gasteiger charge is 2.37. The summed E-state index contributed by atoms with van der Waals surface area (Å²) < 4.78 is 12.2. The summed E-state index contributed by atoms with van der Waals surface area (Å²) in [5, 5.41) is 8.06. The van der Waals surface area contributed by atoms with Crippen LogP contribution in [0.4, 0.5) is 0 Å². The van der Waals surface area contributed by atoms with Gasteiger partial charge in [0.25, 0.3) is 0 Å². The lowest BCUT2D eigenvalue weighted by molar-refractivity contribution is 0.0512. The van der Waals surface area contributed by atoms with Crippen LogP contribution >= 0.6 is 0 Å². The van der Waals surface area contributed by atoms with Crippen molar-refractivity contribution in [2.75, 3.05) is 6.61 Å². The van der Waals surface area contributed by atoms with Gasteiger partial charge in [0.05, 0.1) is 13.2 Å². The molecule has 0 aliphatic heterocycles. The Labute approximate surface area is 155 Å². The number of nitrogens with zero attached hydrogens (tertiary/aromatic N) is 3. The van der Waals surface area contributed by atoms with Crippen LogP contribution in [0.25, 0.3) is 0 Å². The fourth-order valence-electron chi connectivity index (χ4n) is 3.07. The van der Waals surface area contributed by atoms with Gasteiger partial charge < -0.3 is 9.26 Å². The predicted molar refractivity (Wildman–Crippen MR) is 95.6 cm³/mol. The average Bonchev–Trinajstić information content (AvgIpc) is 3.21. The second-order valence-electron chi connectivity index (χ2n) is 6.46. The minimum atomic E-state index is -0.638. The summed E-state index contributed by atoms with van der Waals surface area (Å²) in [6.45, 7) is 2.36. The highest BCUT2D eigenvalue weighted by atomic mass is 16.5. The van der Waals surface area contributed by atoms with E-state index in [0.717, 1.165) is 18.4 Å². The number of aromatic nitrogens is 3. The minimum Gasteiger partial charge on any atom is -0.461 e. The molecule has 1 aromatic carbocycles. The molecule has 0 atom stereocenters. The van der Waals surface area contributed by atoms with Crippen LogP contribution in [-0.4, -0.2) is 33.3 Å². The van der Waals surface area contributed by atoms with Gasteiger partial charge in [-0.05, 0) is 31.4 Å². The van der Waals surface area contributed by atoms with Crippen molar-refractivity contribution in [2.45, 2.75) is 32.2 Å². The number of carbonyl (C=O) groups is 2. The molecule has 1 fully saturated rings. The van der Waals surface area contributed by atoms with Crippen LogP contribution in [0.5, 0.6) is 0 Å². The Morgan fingerprint density at radius 2 is 2.07 bits per heavy atom. The second-order valence-corrected chi connectivity index (χ2v) is 6.46. The van der Waals surface area contributed by atoms with Crippen molar-refractivity contribution in [3.63, 3.8) is 0 Å². The van der Waals surface area contributed by atoms with Gasteiger partial charge in [-0.25, -0.2) is 4.79 Å². The zero-order valence-corrected chi connectivity index (χ0v) is 14.9. The lowest BCUT2D eigenvalue weighted by atomic mass is 9.95.